The highest BCUT2D eigenvalue weighted by molar-refractivity contribution is 7.21. The number of hydrogen-bond donors (Lipinski definition) is 2. The average molecular weight is 580 g/mol. The number of ketones is 1. The van der Waals surface area contributed by atoms with E-state index in [0.717, 1.165) is 6.07 Å². The van der Waals surface area contributed by atoms with Crippen molar-refractivity contribution >= 4 is 44.8 Å². The summed E-state index contributed by atoms with van der Waals surface area (Å²) in [6.45, 7) is 1.43. The van der Waals surface area contributed by atoms with Gasteiger partial charge in [0, 0.05) is 10.9 Å². The zero-order chi connectivity index (χ0) is 29.3. The SMILES string of the molecule is CC(=O)c1ccc(OCc2ccc(C(=O)Nc3c(C(N)=O)sc4nc(C(F)(F)F)cc(-c5ccccc5)c34)o2)cc1. The van der Waals surface area contributed by atoms with E-state index in [4.69, 9.17) is 14.9 Å². The first kappa shape index (κ1) is 27.6. The van der Waals surface area contributed by atoms with Gasteiger partial charge in [0.1, 0.15) is 33.5 Å². The molecule has 5 rings (SSSR count). The summed E-state index contributed by atoms with van der Waals surface area (Å²) >= 11 is 0.650. The monoisotopic (exact) mass is 579 g/mol. The lowest BCUT2D eigenvalue weighted by Crippen LogP contribution is -2.16. The Bertz CT molecular complexity index is 1780. The molecule has 0 saturated carbocycles. The van der Waals surface area contributed by atoms with Crippen LogP contribution in [0.2, 0.25) is 0 Å². The van der Waals surface area contributed by atoms with Gasteiger partial charge in [-0.3, -0.25) is 14.4 Å². The second-order valence-electron chi connectivity index (χ2n) is 8.86. The highest BCUT2D eigenvalue weighted by Crippen LogP contribution is 2.43. The number of fused-ring (bicyclic) bond motifs is 1. The number of nitrogens with two attached hydrogens (primary N) is 1. The van der Waals surface area contributed by atoms with E-state index in [-0.39, 0.29) is 44.5 Å². The van der Waals surface area contributed by atoms with Gasteiger partial charge in [0.25, 0.3) is 11.8 Å². The van der Waals surface area contributed by atoms with Crippen molar-refractivity contribution in [1.82, 2.24) is 4.98 Å². The molecule has 0 spiro atoms. The predicted molar refractivity (Wildman–Crippen MR) is 146 cm³/mol. The molecular weight excluding hydrogens is 559 g/mol. The van der Waals surface area contributed by atoms with Crippen LogP contribution in [0.15, 0.2) is 77.2 Å². The number of amides is 2. The number of ether oxygens (including phenoxy) is 1. The lowest BCUT2D eigenvalue weighted by Gasteiger charge is -2.12. The Kier molecular flexibility index (Phi) is 7.33. The Labute approximate surface area is 234 Å². The molecule has 41 heavy (non-hydrogen) atoms. The average Bonchev–Trinajstić information content (AvgIpc) is 3.57. The van der Waals surface area contributed by atoms with Gasteiger partial charge >= 0.3 is 6.18 Å². The van der Waals surface area contributed by atoms with Crippen LogP contribution in [0.1, 0.15) is 49.0 Å². The molecular formula is C29H20F3N3O5S. The maximum atomic E-state index is 13.7. The molecule has 0 aliphatic carbocycles. The van der Waals surface area contributed by atoms with E-state index in [1.165, 1.54) is 19.1 Å². The fraction of sp³-hybridized carbons (Fsp3) is 0.103. The number of nitrogens with zero attached hydrogens (tertiary/aromatic N) is 1. The van der Waals surface area contributed by atoms with Crippen molar-refractivity contribution in [3.05, 3.63) is 100 Å². The van der Waals surface area contributed by atoms with E-state index in [1.807, 2.05) is 0 Å². The third-order valence-electron chi connectivity index (χ3n) is 6.03. The van der Waals surface area contributed by atoms with Gasteiger partial charge in [-0.15, -0.1) is 11.3 Å². The molecule has 2 amide bonds. The lowest BCUT2D eigenvalue weighted by atomic mass is 10.0. The van der Waals surface area contributed by atoms with E-state index < -0.39 is 23.7 Å². The molecule has 0 aliphatic heterocycles. The van der Waals surface area contributed by atoms with Crippen LogP contribution in [0.25, 0.3) is 21.3 Å². The smallest absolute Gasteiger partial charge is 0.433 e. The summed E-state index contributed by atoms with van der Waals surface area (Å²) in [6.07, 6.45) is -4.75. The molecule has 208 valence electrons. The van der Waals surface area contributed by atoms with Gasteiger partial charge < -0.3 is 20.2 Å². The number of anilines is 1. The van der Waals surface area contributed by atoms with Crippen molar-refractivity contribution in [3.8, 4) is 16.9 Å². The Morgan fingerprint density at radius 3 is 2.37 bits per heavy atom. The molecule has 8 nitrogen and oxygen atoms in total. The molecule has 3 N–H and O–H groups in total. The van der Waals surface area contributed by atoms with Crippen LogP contribution in [-0.4, -0.2) is 22.6 Å². The molecule has 3 heterocycles. The second kappa shape index (κ2) is 10.9. The number of furan rings is 1. The summed E-state index contributed by atoms with van der Waals surface area (Å²) < 4.78 is 52.3. The number of hydrogen-bond acceptors (Lipinski definition) is 7. The van der Waals surface area contributed by atoms with Crippen LogP contribution in [0.3, 0.4) is 0 Å². The minimum atomic E-state index is -4.75. The summed E-state index contributed by atoms with van der Waals surface area (Å²) in [5.41, 5.74) is 5.40. The molecule has 0 bridgehead atoms. The highest BCUT2D eigenvalue weighted by Gasteiger charge is 2.35. The summed E-state index contributed by atoms with van der Waals surface area (Å²) in [4.78, 5) is 40.3. The Morgan fingerprint density at radius 1 is 1.02 bits per heavy atom. The van der Waals surface area contributed by atoms with Gasteiger partial charge in [-0.1, -0.05) is 30.3 Å². The van der Waals surface area contributed by atoms with Crippen molar-refractivity contribution < 1.29 is 36.7 Å². The number of Topliss-reactive ketones (excluding diaryl/α,β-unsaturated/α-hetero) is 1. The minimum Gasteiger partial charge on any atom is -0.486 e. The molecule has 2 aromatic carbocycles. The molecule has 0 saturated heterocycles. The molecule has 3 aromatic heterocycles. The predicted octanol–water partition coefficient (Wildman–Crippen LogP) is 6.71. The van der Waals surface area contributed by atoms with Crippen molar-refractivity contribution in [2.45, 2.75) is 19.7 Å². The molecule has 0 atom stereocenters. The summed E-state index contributed by atoms with van der Waals surface area (Å²) in [5, 5.41) is 2.73. The van der Waals surface area contributed by atoms with E-state index >= 15 is 0 Å². The molecule has 5 aromatic rings. The van der Waals surface area contributed by atoms with Crippen molar-refractivity contribution in [2.75, 3.05) is 5.32 Å². The van der Waals surface area contributed by atoms with E-state index in [0.29, 0.717) is 34.0 Å². The van der Waals surface area contributed by atoms with Crippen LogP contribution in [0.5, 0.6) is 5.75 Å². The van der Waals surface area contributed by atoms with Crippen LogP contribution in [0, 0.1) is 0 Å². The number of carbonyl (C=O) groups excluding carboxylic acids is 3. The van der Waals surface area contributed by atoms with Gasteiger partial charge in [-0.05, 0) is 60.5 Å². The van der Waals surface area contributed by atoms with Crippen LogP contribution >= 0.6 is 11.3 Å². The number of pyridine rings is 1. The Hall–Kier alpha value is -4.97. The maximum Gasteiger partial charge on any atom is 0.433 e. The number of nitrogens with one attached hydrogen (secondary N) is 1. The number of carbonyl (C=O) groups is 3. The van der Waals surface area contributed by atoms with E-state index in [1.54, 1.807) is 54.6 Å². The topological polar surface area (TPSA) is 125 Å². The number of aromatic nitrogens is 1. The minimum absolute atomic E-state index is 0.0249. The first-order valence-corrected chi connectivity index (χ1v) is 12.9. The summed E-state index contributed by atoms with van der Waals surface area (Å²) in [5.74, 6) is -1.14. The van der Waals surface area contributed by atoms with Crippen molar-refractivity contribution in [1.29, 1.82) is 0 Å². The number of benzene rings is 2. The zero-order valence-electron chi connectivity index (χ0n) is 21.2. The third-order valence-corrected chi connectivity index (χ3v) is 7.13. The normalized spacial score (nSPS) is 11.4. The third kappa shape index (κ3) is 5.82. The van der Waals surface area contributed by atoms with Gasteiger partial charge in [-0.2, -0.15) is 13.2 Å². The van der Waals surface area contributed by atoms with Crippen molar-refractivity contribution in [2.24, 2.45) is 5.73 Å². The van der Waals surface area contributed by atoms with Crippen LogP contribution < -0.4 is 15.8 Å². The Balaban J connectivity index is 1.46. The number of thiophene rings is 1. The molecule has 12 heteroatoms. The fourth-order valence-electron chi connectivity index (χ4n) is 4.07. The number of primary amides is 1. The molecule has 0 unspecified atom stereocenters. The maximum absolute atomic E-state index is 13.7. The van der Waals surface area contributed by atoms with Crippen LogP contribution in [0.4, 0.5) is 18.9 Å². The van der Waals surface area contributed by atoms with Crippen molar-refractivity contribution in [3.63, 3.8) is 0 Å². The molecule has 0 fully saturated rings. The number of rotatable bonds is 8. The van der Waals surface area contributed by atoms with Gasteiger partial charge in [-0.25, -0.2) is 4.98 Å². The van der Waals surface area contributed by atoms with Gasteiger partial charge in [0.2, 0.25) is 0 Å². The lowest BCUT2D eigenvalue weighted by molar-refractivity contribution is -0.140. The standard InChI is InChI=1S/C29H20F3N3O5S/c1-15(36)16-7-9-18(10-8-16)39-14-19-11-12-21(40-19)27(38)35-24-23-20(17-5-3-2-4-6-17)13-22(29(30,31)32)34-28(23)41-25(24)26(33)37/h2-13H,14H2,1H3,(H2,33,37)(H,35,38). The highest BCUT2D eigenvalue weighted by atomic mass is 32.1. The quantitative estimate of drug-likeness (QED) is 0.197. The number of halogens is 3. The largest absolute Gasteiger partial charge is 0.486 e. The summed E-state index contributed by atoms with van der Waals surface area (Å²) in [7, 11) is 0. The Morgan fingerprint density at radius 2 is 1.73 bits per heavy atom. The second-order valence-corrected chi connectivity index (χ2v) is 9.86. The van der Waals surface area contributed by atoms with Gasteiger partial charge in [0.15, 0.2) is 11.5 Å². The summed E-state index contributed by atoms with van der Waals surface area (Å²) in [6, 6.07) is 18.5. The zero-order valence-corrected chi connectivity index (χ0v) is 22.1. The van der Waals surface area contributed by atoms with Crippen LogP contribution in [-0.2, 0) is 12.8 Å². The number of alkyl halides is 3. The van der Waals surface area contributed by atoms with Gasteiger partial charge in [0.05, 0.1) is 5.69 Å². The molecule has 0 radical (unpaired) electrons. The van der Waals surface area contributed by atoms with E-state index in [2.05, 4.69) is 10.3 Å². The fourth-order valence-corrected chi connectivity index (χ4v) is 5.08. The first-order chi connectivity index (χ1) is 19.5. The van der Waals surface area contributed by atoms with E-state index in [9.17, 15) is 27.6 Å². The molecule has 0 aliphatic rings. The first-order valence-electron chi connectivity index (χ1n) is 12.0.